The number of nitrogens with zero attached hydrogens (tertiary/aromatic N) is 1. The van der Waals surface area contributed by atoms with Crippen molar-refractivity contribution in [2.24, 2.45) is 17.6 Å². The maximum absolute atomic E-state index is 6.67. The molecule has 0 spiro atoms. The second-order valence-corrected chi connectivity index (χ2v) is 10.4. The van der Waals surface area contributed by atoms with Gasteiger partial charge < -0.3 is 16.4 Å². The number of aryl methyl sites for hydroxylation is 1. The first-order valence-electron chi connectivity index (χ1n) is 12.7. The van der Waals surface area contributed by atoms with Crippen LogP contribution in [0, 0.1) is 18.8 Å². The van der Waals surface area contributed by atoms with Crippen LogP contribution in [0.1, 0.15) is 103 Å². The maximum atomic E-state index is 6.67. The molecule has 3 nitrogen and oxygen atoms in total. The fraction of sp³-hybridized carbons (Fsp3) is 0.778. The van der Waals surface area contributed by atoms with E-state index in [0.29, 0.717) is 11.8 Å². The molecule has 1 aliphatic heterocycles. The Morgan fingerprint density at radius 2 is 1.60 bits per heavy atom. The first-order valence-corrected chi connectivity index (χ1v) is 12.7. The summed E-state index contributed by atoms with van der Waals surface area (Å²) >= 11 is 0. The number of hydrogen-bond acceptors (Lipinski definition) is 3. The molecule has 2 unspecified atom stereocenters. The average molecular weight is 416 g/mol. The molecule has 30 heavy (non-hydrogen) atoms. The molecule has 1 aromatic rings. The number of nitrogen functional groups attached to an aromatic ring is 1. The highest BCUT2D eigenvalue weighted by molar-refractivity contribution is 5.58. The van der Waals surface area contributed by atoms with E-state index in [4.69, 9.17) is 11.5 Å². The van der Waals surface area contributed by atoms with Crippen molar-refractivity contribution in [2.45, 2.75) is 110 Å². The Morgan fingerprint density at radius 3 is 2.17 bits per heavy atom. The molecule has 4 N–H and O–H groups in total. The Kier molecular flexibility index (Phi) is 10.5. The Balaban J connectivity index is 1.73. The summed E-state index contributed by atoms with van der Waals surface area (Å²) in [5, 5.41) is 0. The minimum Gasteiger partial charge on any atom is -0.399 e. The number of anilines is 2. The Hall–Kier alpha value is -1.22. The zero-order valence-electron chi connectivity index (χ0n) is 20.4. The van der Waals surface area contributed by atoms with Crippen LogP contribution in [0.5, 0.6) is 0 Å². The standard InChI is InChI=1S/C27H49N3/c1-5-6-7-8-9-10-11-12-13-14-15-25(27(3,4)29)23-18-19-30(21-23)24-16-17-26(28)22(2)20-24/h16-17,20,23,25H,5-15,18-19,21,28-29H2,1-4H3. The van der Waals surface area contributed by atoms with E-state index in [1.54, 1.807) is 0 Å². The van der Waals surface area contributed by atoms with E-state index < -0.39 is 0 Å². The highest BCUT2D eigenvalue weighted by atomic mass is 15.2. The van der Waals surface area contributed by atoms with E-state index in [2.05, 4.69) is 44.7 Å². The summed E-state index contributed by atoms with van der Waals surface area (Å²) in [6.07, 6.45) is 16.5. The predicted octanol–water partition coefficient (Wildman–Crippen LogP) is 7.07. The molecular formula is C27H49N3. The lowest BCUT2D eigenvalue weighted by atomic mass is 9.75. The lowest BCUT2D eigenvalue weighted by molar-refractivity contribution is 0.210. The summed E-state index contributed by atoms with van der Waals surface area (Å²) < 4.78 is 0. The molecule has 1 saturated heterocycles. The van der Waals surface area contributed by atoms with Crippen LogP contribution in [-0.2, 0) is 0 Å². The van der Waals surface area contributed by atoms with Crippen LogP contribution in [0.25, 0.3) is 0 Å². The monoisotopic (exact) mass is 415 g/mol. The van der Waals surface area contributed by atoms with Crippen molar-refractivity contribution in [3.8, 4) is 0 Å². The van der Waals surface area contributed by atoms with Gasteiger partial charge in [0, 0.05) is 30.0 Å². The fourth-order valence-corrected chi connectivity index (χ4v) is 5.27. The van der Waals surface area contributed by atoms with E-state index in [1.807, 2.05) is 6.07 Å². The molecule has 1 aliphatic rings. The summed E-state index contributed by atoms with van der Waals surface area (Å²) in [5.41, 5.74) is 16.0. The summed E-state index contributed by atoms with van der Waals surface area (Å²) in [6.45, 7) is 11.1. The van der Waals surface area contributed by atoms with Crippen molar-refractivity contribution in [1.29, 1.82) is 0 Å². The second-order valence-electron chi connectivity index (χ2n) is 10.4. The summed E-state index contributed by atoms with van der Waals surface area (Å²) in [4.78, 5) is 2.54. The molecule has 0 amide bonds. The summed E-state index contributed by atoms with van der Waals surface area (Å²) in [5.74, 6) is 1.30. The summed E-state index contributed by atoms with van der Waals surface area (Å²) in [6, 6.07) is 6.46. The molecule has 0 aromatic heterocycles. The van der Waals surface area contributed by atoms with Gasteiger partial charge in [0.2, 0.25) is 0 Å². The molecule has 0 bridgehead atoms. The van der Waals surface area contributed by atoms with Gasteiger partial charge in [0.05, 0.1) is 0 Å². The minimum atomic E-state index is -0.100. The molecule has 2 atom stereocenters. The van der Waals surface area contributed by atoms with Crippen LogP contribution in [0.3, 0.4) is 0 Å². The van der Waals surface area contributed by atoms with Crippen molar-refractivity contribution in [3.63, 3.8) is 0 Å². The maximum Gasteiger partial charge on any atom is 0.0370 e. The largest absolute Gasteiger partial charge is 0.399 e. The first kappa shape index (κ1) is 25.0. The quantitative estimate of drug-likeness (QED) is 0.252. The zero-order valence-corrected chi connectivity index (χ0v) is 20.4. The van der Waals surface area contributed by atoms with E-state index >= 15 is 0 Å². The van der Waals surface area contributed by atoms with Crippen molar-refractivity contribution in [1.82, 2.24) is 0 Å². The van der Waals surface area contributed by atoms with E-state index in [-0.39, 0.29) is 5.54 Å². The van der Waals surface area contributed by atoms with E-state index in [0.717, 1.165) is 18.8 Å². The van der Waals surface area contributed by atoms with Gasteiger partial charge in [-0.2, -0.15) is 0 Å². The molecule has 0 radical (unpaired) electrons. The van der Waals surface area contributed by atoms with Gasteiger partial charge in [-0.1, -0.05) is 71.1 Å². The Morgan fingerprint density at radius 1 is 1.00 bits per heavy atom. The van der Waals surface area contributed by atoms with E-state index in [1.165, 1.54) is 88.3 Å². The third kappa shape index (κ3) is 8.13. The van der Waals surface area contributed by atoms with Gasteiger partial charge in [-0.3, -0.25) is 0 Å². The molecule has 1 heterocycles. The van der Waals surface area contributed by atoms with Crippen LogP contribution in [0.15, 0.2) is 18.2 Å². The van der Waals surface area contributed by atoms with Crippen molar-refractivity contribution >= 4 is 11.4 Å². The minimum absolute atomic E-state index is 0.100. The van der Waals surface area contributed by atoms with Crippen molar-refractivity contribution in [2.75, 3.05) is 23.7 Å². The van der Waals surface area contributed by atoms with Gasteiger partial charge in [-0.05, 0) is 69.2 Å². The van der Waals surface area contributed by atoms with Gasteiger partial charge in [0.25, 0.3) is 0 Å². The van der Waals surface area contributed by atoms with Gasteiger partial charge in [-0.25, -0.2) is 0 Å². The number of nitrogens with two attached hydrogens (primary N) is 2. The van der Waals surface area contributed by atoms with Gasteiger partial charge in [0.15, 0.2) is 0 Å². The second kappa shape index (κ2) is 12.6. The Bertz CT molecular complexity index is 605. The van der Waals surface area contributed by atoms with Crippen LogP contribution in [-0.4, -0.2) is 18.6 Å². The average Bonchev–Trinajstić information content (AvgIpc) is 3.17. The molecule has 1 aromatic carbocycles. The third-order valence-electron chi connectivity index (χ3n) is 7.24. The zero-order chi connectivity index (χ0) is 22.0. The van der Waals surface area contributed by atoms with Gasteiger partial charge in [-0.15, -0.1) is 0 Å². The Labute approximate surface area is 187 Å². The smallest absolute Gasteiger partial charge is 0.0370 e. The number of benzene rings is 1. The molecule has 172 valence electrons. The summed E-state index contributed by atoms with van der Waals surface area (Å²) in [7, 11) is 0. The van der Waals surface area contributed by atoms with Crippen LogP contribution in [0.4, 0.5) is 11.4 Å². The first-order chi connectivity index (χ1) is 14.3. The number of unbranched alkanes of at least 4 members (excludes halogenated alkanes) is 9. The number of rotatable bonds is 14. The SMILES string of the molecule is CCCCCCCCCCCCC(C1CCN(c2ccc(N)c(C)c2)C1)C(C)(C)N. The molecule has 0 aliphatic carbocycles. The molecule has 0 saturated carbocycles. The normalized spacial score (nSPS) is 18.2. The van der Waals surface area contributed by atoms with Crippen LogP contribution >= 0.6 is 0 Å². The number of hydrogen-bond donors (Lipinski definition) is 2. The molecular weight excluding hydrogens is 366 g/mol. The molecule has 3 heteroatoms. The highest BCUT2D eigenvalue weighted by Crippen LogP contribution is 2.36. The molecule has 1 fully saturated rings. The predicted molar refractivity (Wildman–Crippen MR) is 134 cm³/mol. The van der Waals surface area contributed by atoms with E-state index in [9.17, 15) is 0 Å². The topological polar surface area (TPSA) is 55.3 Å². The van der Waals surface area contributed by atoms with Crippen LogP contribution < -0.4 is 16.4 Å². The third-order valence-corrected chi connectivity index (χ3v) is 7.24. The van der Waals surface area contributed by atoms with Gasteiger partial charge in [0.1, 0.15) is 0 Å². The van der Waals surface area contributed by atoms with Crippen LogP contribution in [0.2, 0.25) is 0 Å². The van der Waals surface area contributed by atoms with Crippen molar-refractivity contribution in [3.05, 3.63) is 23.8 Å². The highest BCUT2D eigenvalue weighted by Gasteiger charge is 2.36. The fourth-order valence-electron chi connectivity index (χ4n) is 5.27. The van der Waals surface area contributed by atoms with Crippen molar-refractivity contribution < 1.29 is 0 Å². The molecule has 2 rings (SSSR count). The lowest BCUT2D eigenvalue weighted by Gasteiger charge is -2.35. The lowest BCUT2D eigenvalue weighted by Crippen LogP contribution is -2.45. The van der Waals surface area contributed by atoms with Gasteiger partial charge >= 0.3 is 0 Å².